The molecule has 1 fully saturated rings. The lowest BCUT2D eigenvalue weighted by molar-refractivity contribution is -0.128. The predicted molar refractivity (Wildman–Crippen MR) is 115 cm³/mol. The highest BCUT2D eigenvalue weighted by Gasteiger charge is 2.41. The van der Waals surface area contributed by atoms with Crippen molar-refractivity contribution in [2.24, 2.45) is 0 Å². The average Bonchev–Trinajstić information content (AvgIpc) is 2.78. The van der Waals surface area contributed by atoms with E-state index in [-0.39, 0.29) is 12.1 Å². The molecule has 0 spiro atoms. The van der Waals surface area contributed by atoms with Crippen molar-refractivity contribution in [1.29, 1.82) is 0 Å². The van der Waals surface area contributed by atoms with Gasteiger partial charge in [-0.1, -0.05) is 6.07 Å². The highest BCUT2D eigenvalue weighted by Crippen LogP contribution is 2.27. The van der Waals surface area contributed by atoms with Crippen LogP contribution in [-0.2, 0) is 11.3 Å². The monoisotopic (exact) mass is 449 g/mol. The number of halogens is 2. The van der Waals surface area contributed by atoms with Crippen LogP contribution in [0.15, 0.2) is 41.3 Å². The van der Waals surface area contributed by atoms with Gasteiger partial charge in [-0.25, -0.2) is 8.78 Å². The predicted octanol–water partition coefficient (Wildman–Crippen LogP) is 2.86. The molecule has 2 amide bonds. The van der Waals surface area contributed by atoms with Crippen LogP contribution in [0.4, 0.5) is 8.78 Å². The summed E-state index contributed by atoms with van der Waals surface area (Å²) in [6.07, 6.45) is 2.68. The first kappa shape index (κ1) is 23.0. The third-order valence-corrected chi connectivity index (χ3v) is 6.08. The van der Waals surface area contributed by atoms with Crippen molar-refractivity contribution in [3.63, 3.8) is 0 Å². The van der Waals surface area contributed by atoms with Gasteiger partial charge in [0.05, 0.1) is 12.7 Å². The van der Waals surface area contributed by atoms with Gasteiger partial charge in [-0.05, 0) is 56.5 Å². The van der Waals surface area contributed by atoms with Crippen molar-refractivity contribution in [2.45, 2.75) is 29.8 Å². The Labute approximate surface area is 184 Å². The zero-order valence-electron chi connectivity index (χ0n) is 17.4. The largest absolute Gasteiger partial charge is 0.496 e. The van der Waals surface area contributed by atoms with Crippen LogP contribution >= 0.6 is 11.8 Å². The first-order valence-corrected chi connectivity index (χ1v) is 11.1. The number of amides is 2. The summed E-state index contributed by atoms with van der Waals surface area (Å²) in [5.41, 5.74) is -0.655. The third kappa shape index (κ3) is 5.34. The van der Waals surface area contributed by atoms with Crippen LogP contribution in [0.3, 0.4) is 0 Å². The van der Waals surface area contributed by atoms with E-state index < -0.39 is 29.0 Å². The van der Waals surface area contributed by atoms with E-state index in [1.807, 2.05) is 12.3 Å². The molecule has 0 saturated carbocycles. The topological polar surface area (TPSA) is 79.5 Å². The number of hydrogen-bond acceptors (Lipinski definition) is 5. The number of nitrogens with one attached hydrogen (secondary N) is 3. The number of piperidine rings is 1. The van der Waals surface area contributed by atoms with E-state index >= 15 is 0 Å². The molecule has 0 aromatic heterocycles. The molecule has 2 aromatic rings. The molecule has 0 unspecified atom stereocenters. The number of methoxy groups -OCH3 is 1. The van der Waals surface area contributed by atoms with Crippen LogP contribution in [-0.4, -0.2) is 43.8 Å². The third-order valence-electron chi connectivity index (χ3n) is 5.35. The van der Waals surface area contributed by atoms with E-state index in [1.54, 1.807) is 12.1 Å². The lowest BCUT2D eigenvalue weighted by Gasteiger charge is -2.37. The zero-order valence-corrected chi connectivity index (χ0v) is 18.2. The first-order chi connectivity index (χ1) is 14.9. The second-order valence-electron chi connectivity index (χ2n) is 7.27. The molecule has 3 N–H and O–H groups in total. The normalized spacial score (nSPS) is 15.2. The van der Waals surface area contributed by atoms with Crippen LogP contribution in [0.2, 0.25) is 0 Å². The molecular formula is C22H25F2N3O3S. The molecule has 1 saturated heterocycles. The van der Waals surface area contributed by atoms with Gasteiger partial charge in [0.15, 0.2) is 0 Å². The summed E-state index contributed by atoms with van der Waals surface area (Å²) in [6, 6.07) is 8.45. The van der Waals surface area contributed by atoms with Gasteiger partial charge in [-0.2, -0.15) is 0 Å². The summed E-state index contributed by atoms with van der Waals surface area (Å²) in [7, 11) is 1.49. The molecule has 166 valence electrons. The molecule has 3 rings (SSSR count). The summed E-state index contributed by atoms with van der Waals surface area (Å²) >= 11 is 1.53. The van der Waals surface area contributed by atoms with Gasteiger partial charge < -0.3 is 20.7 Å². The van der Waals surface area contributed by atoms with Crippen molar-refractivity contribution in [3.8, 4) is 5.75 Å². The van der Waals surface area contributed by atoms with Crippen LogP contribution in [0.5, 0.6) is 5.75 Å². The molecule has 1 heterocycles. The lowest BCUT2D eigenvalue weighted by atomic mass is 9.86. The van der Waals surface area contributed by atoms with E-state index in [0.29, 0.717) is 37.2 Å². The Morgan fingerprint density at radius 3 is 2.55 bits per heavy atom. The highest BCUT2D eigenvalue weighted by atomic mass is 32.2. The molecule has 9 heteroatoms. The average molecular weight is 450 g/mol. The van der Waals surface area contributed by atoms with Crippen LogP contribution in [0.1, 0.15) is 28.8 Å². The van der Waals surface area contributed by atoms with Gasteiger partial charge >= 0.3 is 0 Å². The number of carbonyl (C=O) groups is 2. The molecule has 0 atom stereocenters. The number of ether oxygens (including phenoxy) is 1. The number of thioether (sulfide) groups is 1. The maximum Gasteiger partial charge on any atom is 0.255 e. The lowest BCUT2D eigenvalue weighted by Crippen LogP contribution is -2.62. The van der Waals surface area contributed by atoms with E-state index in [1.165, 1.54) is 24.9 Å². The zero-order chi connectivity index (χ0) is 22.4. The molecule has 0 bridgehead atoms. The number of hydrogen-bond donors (Lipinski definition) is 3. The summed E-state index contributed by atoms with van der Waals surface area (Å²) in [6.45, 7) is 0.976. The fourth-order valence-electron chi connectivity index (χ4n) is 3.54. The Morgan fingerprint density at radius 2 is 1.90 bits per heavy atom. The smallest absolute Gasteiger partial charge is 0.255 e. The van der Waals surface area contributed by atoms with E-state index in [9.17, 15) is 18.4 Å². The van der Waals surface area contributed by atoms with Gasteiger partial charge in [-0.15, -0.1) is 11.8 Å². The van der Waals surface area contributed by atoms with Gasteiger partial charge in [0.2, 0.25) is 5.91 Å². The molecule has 1 aliphatic rings. The Bertz CT molecular complexity index is 965. The van der Waals surface area contributed by atoms with Crippen molar-refractivity contribution in [1.82, 2.24) is 16.0 Å². The minimum absolute atomic E-state index is 0.109. The van der Waals surface area contributed by atoms with Crippen molar-refractivity contribution in [2.75, 3.05) is 26.5 Å². The second kappa shape index (κ2) is 10.1. The van der Waals surface area contributed by atoms with Gasteiger partial charge in [0, 0.05) is 23.1 Å². The Kier molecular flexibility index (Phi) is 7.50. The van der Waals surface area contributed by atoms with Crippen molar-refractivity contribution >= 4 is 23.6 Å². The van der Waals surface area contributed by atoms with E-state index in [2.05, 4.69) is 16.0 Å². The molecular weight excluding hydrogens is 424 g/mol. The summed E-state index contributed by atoms with van der Waals surface area (Å²) in [5, 5.41) is 8.76. The van der Waals surface area contributed by atoms with E-state index in [4.69, 9.17) is 4.74 Å². The summed E-state index contributed by atoms with van der Waals surface area (Å²) in [5.74, 6) is -1.83. The Hall–Kier alpha value is -2.65. The van der Waals surface area contributed by atoms with E-state index in [0.717, 1.165) is 17.0 Å². The van der Waals surface area contributed by atoms with Crippen molar-refractivity contribution in [3.05, 3.63) is 59.2 Å². The minimum atomic E-state index is -1.15. The summed E-state index contributed by atoms with van der Waals surface area (Å²) in [4.78, 5) is 27.1. The van der Waals surface area contributed by atoms with Crippen LogP contribution in [0, 0.1) is 11.6 Å². The molecule has 31 heavy (non-hydrogen) atoms. The molecule has 0 radical (unpaired) electrons. The quantitative estimate of drug-likeness (QED) is 0.567. The van der Waals surface area contributed by atoms with Gasteiger partial charge in [0.1, 0.15) is 22.9 Å². The van der Waals surface area contributed by atoms with Crippen LogP contribution < -0.4 is 20.7 Å². The Balaban J connectivity index is 1.78. The highest BCUT2D eigenvalue weighted by molar-refractivity contribution is 7.98. The second-order valence-corrected chi connectivity index (χ2v) is 8.15. The maximum absolute atomic E-state index is 13.9. The molecule has 1 aliphatic heterocycles. The van der Waals surface area contributed by atoms with Crippen molar-refractivity contribution < 1.29 is 23.1 Å². The Morgan fingerprint density at radius 1 is 1.16 bits per heavy atom. The standard InChI is InChI=1S/C22H25F2N3O3S/c1-30-19-12-16(31-2)5-6-17(19)20(28)27-22(7-9-25-10-8-22)21(29)26-13-14-3-4-15(23)11-18(14)24/h3-6,11-12,25H,7-10,13H2,1-2H3,(H,26,29)(H,27,28). The van der Waals surface area contributed by atoms with Gasteiger partial charge in [0.25, 0.3) is 5.91 Å². The number of carbonyl (C=O) groups excluding carboxylic acids is 2. The maximum atomic E-state index is 13.9. The molecule has 0 aliphatic carbocycles. The summed E-state index contributed by atoms with van der Waals surface area (Å²) < 4.78 is 32.4. The SMILES string of the molecule is COc1cc(SC)ccc1C(=O)NC1(C(=O)NCc2ccc(F)cc2F)CCNCC1. The minimum Gasteiger partial charge on any atom is -0.496 e. The fourth-order valence-corrected chi connectivity index (χ4v) is 3.97. The first-order valence-electron chi connectivity index (χ1n) is 9.86. The number of rotatable bonds is 7. The fraction of sp³-hybridized carbons (Fsp3) is 0.364. The number of benzene rings is 2. The van der Waals surface area contributed by atoms with Gasteiger partial charge in [-0.3, -0.25) is 9.59 Å². The molecule has 2 aromatic carbocycles. The molecule has 6 nitrogen and oxygen atoms in total. The van der Waals surface area contributed by atoms with Crippen LogP contribution in [0.25, 0.3) is 0 Å².